The number of amides is 3. The zero-order valence-electron chi connectivity index (χ0n) is 26.3. The second-order valence-corrected chi connectivity index (χ2v) is 12.8. The molecule has 1 heterocycles. The van der Waals surface area contributed by atoms with Crippen LogP contribution in [0.15, 0.2) is 53.1 Å². The van der Waals surface area contributed by atoms with E-state index >= 15 is 0 Å². The van der Waals surface area contributed by atoms with Gasteiger partial charge in [0.15, 0.2) is 5.82 Å². The number of aliphatic carboxylic acids is 1. The molecule has 3 amide bonds. The third kappa shape index (κ3) is 8.49. The van der Waals surface area contributed by atoms with Crippen LogP contribution in [0.25, 0.3) is 11.5 Å². The van der Waals surface area contributed by atoms with Crippen LogP contribution in [0.2, 0.25) is 0 Å². The van der Waals surface area contributed by atoms with E-state index in [9.17, 15) is 14.4 Å². The zero-order chi connectivity index (χ0) is 31.8. The number of rotatable bonds is 11. The summed E-state index contributed by atoms with van der Waals surface area (Å²) in [4.78, 5) is 41.5. The minimum atomic E-state index is -0.962. The average Bonchev–Trinajstić information content (AvgIpc) is 3.55. The SMILES string of the molecule is CC(C)c1noc(-c2ccccc2NC(=O)NC(c2ccc(C(=O)NCCC(=O)O)cc2)C2CCC(C3CCCCC3)CC2)n1. The lowest BCUT2D eigenvalue weighted by Crippen LogP contribution is -2.38. The number of nitrogens with zero attached hydrogens (tertiary/aromatic N) is 2. The van der Waals surface area contributed by atoms with Crippen molar-refractivity contribution in [2.75, 3.05) is 11.9 Å². The van der Waals surface area contributed by atoms with Crippen molar-refractivity contribution in [3.8, 4) is 11.5 Å². The molecule has 1 aromatic heterocycles. The van der Waals surface area contributed by atoms with Crippen LogP contribution in [0.3, 0.4) is 0 Å². The Morgan fingerprint density at radius 3 is 2.27 bits per heavy atom. The number of aromatic nitrogens is 2. The fourth-order valence-electron chi connectivity index (χ4n) is 6.91. The molecule has 0 bridgehead atoms. The molecule has 0 radical (unpaired) electrons. The number of para-hydroxylation sites is 1. The third-order valence-electron chi connectivity index (χ3n) is 9.41. The van der Waals surface area contributed by atoms with Crippen molar-refractivity contribution in [3.63, 3.8) is 0 Å². The summed E-state index contributed by atoms with van der Waals surface area (Å²) >= 11 is 0. The van der Waals surface area contributed by atoms with Crippen molar-refractivity contribution in [3.05, 3.63) is 65.5 Å². The summed E-state index contributed by atoms with van der Waals surface area (Å²) < 4.78 is 5.51. The molecule has 10 heteroatoms. The monoisotopic (exact) mass is 615 g/mol. The predicted octanol–water partition coefficient (Wildman–Crippen LogP) is 7.31. The van der Waals surface area contributed by atoms with Gasteiger partial charge in [-0.15, -0.1) is 0 Å². The van der Waals surface area contributed by atoms with E-state index in [1.165, 1.54) is 32.1 Å². The lowest BCUT2D eigenvalue weighted by atomic mass is 9.69. The highest BCUT2D eigenvalue weighted by atomic mass is 16.5. The van der Waals surface area contributed by atoms with Crippen LogP contribution < -0.4 is 16.0 Å². The summed E-state index contributed by atoms with van der Waals surface area (Å²) in [5.74, 6) is 1.62. The number of hydrogen-bond acceptors (Lipinski definition) is 6. The van der Waals surface area contributed by atoms with Crippen LogP contribution in [0, 0.1) is 17.8 Å². The van der Waals surface area contributed by atoms with Gasteiger partial charge in [0.1, 0.15) is 0 Å². The fourth-order valence-corrected chi connectivity index (χ4v) is 6.91. The average molecular weight is 616 g/mol. The van der Waals surface area contributed by atoms with Crippen molar-refractivity contribution >= 4 is 23.6 Å². The minimum Gasteiger partial charge on any atom is -0.481 e. The van der Waals surface area contributed by atoms with E-state index in [1.807, 2.05) is 50.2 Å². The van der Waals surface area contributed by atoms with Crippen LogP contribution in [-0.4, -0.2) is 39.7 Å². The molecule has 2 fully saturated rings. The van der Waals surface area contributed by atoms with Crippen LogP contribution in [0.1, 0.15) is 112 Å². The van der Waals surface area contributed by atoms with Gasteiger partial charge in [-0.2, -0.15) is 4.98 Å². The summed E-state index contributed by atoms with van der Waals surface area (Å²) in [6.45, 7) is 4.05. The summed E-state index contributed by atoms with van der Waals surface area (Å²) in [6, 6.07) is 14.1. The van der Waals surface area contributed by atoms with Gasteiger partial charge in [0, 0.05) is 18.0 Å². The first-order chi connectivity index (χ1) is 21.8. The highest BCUT2D eigenvalue weighted by molar-refractivity contribution is 5.95. The molecule has 4 N–H and O–H groups in total. The molecule has 3 aromatic rings. The van der Waals surface area contributed by atoms with Crippen LogP contribution in [0.5, 0.6) is 0 Å². The quantitative estimate of drug-likeness (QED) is 0.177. The van der Waals surface area contributed by atoms with Crippen LogP contribution in [-0.2, 0) is 4.79 Å². The Balaban J connectivity index is 1.31. The van der Waals surface area contributed by atoms with Gasteiger partial charge in [0.2, 0.25) is 0 Å². The van der Waals surface area contributed by atoms with Gasteiger partial charge in [-0.05, 0) is 73.3 Å². The number of carboxylic acids is 1. The number of benzene rings is 2. The van der Waals surface area contributed by atoms with E-state index in [1.54, 1.807) is 12.1 Å². The highest BCUT2D eigenvalue weighted by Gasteiger charge is 2.33. The maximum atomic E-state index is 13.6. The second kappa shape index (κ2) is 15.2. The predicted molar refractivity (Wildman–Crippen MR) is 172 cm³/mol. The lowest BCUT2D eigenvalue weighted by molar-refractivity contribution is -0.136. The Kier molecular flexibility index (Phi) is 10.9. The van der Waals surface area contributed by atoms with E-state index in [4.69, 9.17) is 9.63 Å². The van der Waals surface area contributed by atoms with Crippen molar-refractivity contribution in [2.45, 2.75) is 90.0 Å². The van der Waals surface area contributed by atoms with Gasteiger partial charge in [0.05, 0.1) is 23.7 Å². The lowest BCUT2D eigenvalue weighted by Gasteiger charge is -2.38. The second-order valence-electron chi connectivity index (χ2n) is 12.8. The van der Waals surface area contributed by atoms with Gasteiger partial charge in [0.25, 0.3) is 11.8 Å². The van der Waals surface area contributed by atoms with Crippen molar-refractivity contribution in [2.24, 2.45) is 17.8 Å². The van der Waals surface area contributed by atoms with E-state index in [2.05, 4.69) is 26.1 Å². The van der Waals surface area contributed by atoms with Crippen molar-refractivity contribution in [1.82, 2.24) is 20.8 Å². The van der Waals surface area contributed by atoms with E-state index in [0.717, 1.165) is 43.1 Å². The molecule has 0 aliphatic heterocycles. The number of urea groups is 1. The van der Waals surface area contributed by atoms with Gasteiger partial charge >= 0.3 is 12.0 Å². The van der Waals surface area contributed by atoms with E-state index in [0.29, 0.717) is 28.5 Å². The molecule has 2 aromatic carbocycles. The number of nitrogens with one attached hydrogen (secondary N) is 3. The Bertz CT molecular complexity index is 1440. The first-order valence-corrected chi connectivity index (χ1v) is 16.4. The molecule has 5 rings (SSSR count). The molecule has 240 valence electrons. The maximum absolute atomic E-state index is 13.6. The minimum absolute atomic E-state index is 0.0638. The summed E-state index contributed by atoms with van der Waals surface area (Å²) in [6.07, 6.45) is 11.0. The Labute approximate surface area is 264 Å². The van der Waals surface area contributed by atoms with Crippen molar-refractivity contribution in [1.29, 1.82) is 0 Å². The van der Waals surface area contributed by atoms with Crippen LogP contribution >= 0.6 is 0 Å². The first-order valence-electron chi connectivity index (χ1n) is 16.4. The Morgan fingerprint density at radius 1 is 0.911 bits per heavy atom. The molecule has 1 unspecified atom stereocenters. The molecule has 45 heavy (non-hydrogen) atoms. The van der Waals surface area contributed by atoms with E-state index < -0.39 is 5.97 Å². The molecule has 10 nitrogen and oxygen atoms in total. The smallest absolute Gasteiger partial charge is 0.319 e. The Morgan fingerprint density at radius 2 is 1.60 bits per heavy atom. The zero-order valence-corrected chi connectivity index (χ0v) is 26.3. The number of carbonyl (C=O) groups is 3. The molecule has 0 saturated heterocycles. The highest BCUT2D eigenvalue weighted by Crippen LogP contribution is 2.43. The molecular formula is C35H45N5O5. The summed E-state index contributed by atoms with van der Waals surface area (Å²) in [5.41, 5.74) is 2.60. The molecular weight excluding hydrogens is 570 g/mol. The number of carbonyl (C=O) groups excluding carboxylic acids is 2. The van der Waals surface area contributed by atoms with Gasteiger partial charge in [-0.1, -0.05) is 75.4 Å². The topological polar surface area (TPSA) is 146 Å². The van der Waals surface area contributed by atoms with Gasteiger partial charge < -0.3 is 25.6 Å². The Hall–Kier alpha value is -4.21. The van der Waals surface area contributed by atoms with Crippen LogP contribution in [0.4, 0.5) is 10.5 Å². The summed E-state index contributed by atoms with van der Waals surface area (Å²) in [5, 5.41) is 21.9. The molecule has 2 aliphatic rings. The largest absolute Gasteiger partial charge is 0.481 e. The molecule has 2 saturated carbocycles. The third-order valence-corrected chi connectivity index (χ3v) is 9.41. The van der Waals surface area contributed by atoms with E-state index in [-0.39, 0.29) is 42.8 Å². The molecule has 2 aliphatic carbocycles. The molecule has 0 spiro atoms. The normalized spacial score (nSPS) is 19.5. The van der Waals surface area contributed by atoms with Gasteiger partial charge in [-0.25, -0.2) is 4.79 Å². The standard InChI is InChI=1S/C35H45N5O5/c1-22(2)32-39-34(45-40-32)28-10-6-7-11-29(28)37-35(44)38-31(25-14-12-24(13-15-25)23-8-4-3-5-9-23)26-16-18-27(19-17-26)33(43)36-21-20-30(41)42/h6-7,10-11,16-19,22-25,31H,3-5,8-9,12-15,20-21H2,1-2H3,(H,36,43)(H,41,42)(H2,37,38,44). The maximum Gasteiger partial charge on any atom is 0.319 e. The van der Waals surface area contributed by atoms with Crippen molar-refractivity contribution < 1.29 is 24.0 Å². The van der Waals surface area contributed by atoms with Gasteiger partial charge in [-0.3, -0.25) is 9.59 Å². The number of hydrogen-bond donors (Lipinski definition) is 4. The number of anilines is 1. The summed E-state index contributed by atoms with van der Waals surface area (Å²) in [7, 11) is 0. The molecule has 1 atom stereocenters. The first kappa shape index (κ1) is 32.2. The fraction of sp³-hybridized carbons (Fsp3) is 0.514. The number of carboxylic acid groups (broad SMARTS) is 1.